The number of fused-ring (bicyclic) bond motifs is 2. The summed E-state index contributed by atoms with van der Waals surface area (Å²) in [5.41, 5.74) is 3.82. The maximum atomic E-state index is 4.81. The summed E-state index contributed by atoms with van der Waals surface area (Å²) in [6.45, 7) is 0. The number of nitrogens with zero attached hydrogens (tertiary/aromatic N) is 1. The van der Waals surface area contributed by atoms with Crippen molar-refractivity contribution < 1.29 is 0 Å². The molecule has 0 unspecified atom stereocenters. The molecule has 1 aliphatic carbocycles. The Hall–Kier alpha value is -1.89. The fraction of sp³-hybridized carbons (Fsp3) is 0.278. The van der Waals surface area contributed by atoms with Crippen LogP contribution in [-0.4, -0.2) is 4.98 Å². The largest absolute Gasteiger partial charge is 0.248 e. The Morgan fingerprint density at radius 3 is 1.84 bits per heavy atom. The number of rotatable bonds is 1. The number of hydrogen-bond donors (Lipinski definition) is 0. The van der Waals surface area contributed by atoms with Crippen LogP contribution in [0.5, 0.6) is 0 Å². The number of benzene rings is 2. The Labute approximate surface area is 113 Å². The highest BCUT2D eigenvalue weighted by molar-refractivity contribution is 5.97. The minimum absolute atomic E-state index is 0.720. The number of pyridine rings is 1. The molecule has 1 fully saturated rings. The predicted octanol–water partition coefficient (Wildman–Crippen LogP) is 5.05. The molecular formula is C18H17N. The van der Waals surface area contributed by atoms with E-state index in [1.807, 2.05) is 0 Å². The molecule has 0 saturated heterocycles. The van der Waals surface area contributed by atoms with E-state index >= 15 is 0 Å². The molecule has 94 valence electrons. The van der Waals surface area contributed by atoms with Crippen molar-refractivity contribution in [2.24, 2.45) is 0 Å². The molecule has 0 spiro atoms. The number of aromatic nitrogens is 1. The van der Waals surface area contributed by atoms with Crippen LogP contribution in [0.4, 0.5) is 0 Å². The number of hydrogen-bond acceptors (Lipinski definition) is 1. The Morgan fingerprint density at radius 1 is 0.737 bits per heavy atom. The van der Waals surface area contributed by atoms with Gasteiger partial charge in [0.05, 0.1) is 11.0 Å². The third-order valence-electron chi connectivity index (χ3n) is 4.39. The fourth-order valence-corrected chi connectivity index (χ4v) is 3.53. The van der Waals surface area contributed by atoms with E-state index in [4.69, 9.17) is 4.98 Å². The summed E-state index contributed by atoms with van der Waals surface area (Å²) in [5.74, 6) is 0.720. The lowest BCUT2D eigenvalue weighted by atomic mass is 9.90. The van der Waals surface area contributed by atoms with Gasteiger partial charge in [0.1, 0.15) is 0 Å². The fourth-order valence-electron chi connectivity index (χ4n) is 3.53. The van der Waals surface area contributed by atoms with Crippen molar-refractivity contribution in [3.8, 4) is 0 Å². The van der Waals surface area contributed by atoms with Crippen molar-refractivity contribution in [2.75, 3.05) is 0 Å². The van der Waals surface area contributed by atoms with Crippen LogP contribution < -0.4 is 0 Å². The van der Waals surface area contributed by atoms with Gasteiger partial charge < -0.3 is 0 Å². The first-order valence-corrected chi connectivity index (χ1v) is 7.21. The second-order valence-corrected chi connectivity index (χ2v) is 5.54. The van der Waals surface area contributed by atoms with Gasteiger partial charge in [-0.2, -0.15) is 0 Å². The second-order valence-electron chi connectivity index (χ2n) is 5.54. The first-order valence-electron chi connectivity index (χ1n) is 7.21. The minimum atomic E-state index is 0.720. The Kier molecular flexibility index (Phi) is 2.51. The standard InChI is InChI=1S/C18H17N/c1-2-8-13(7-1)18-14-9-3-5-11-16(14)19-17-12-6-4-10-15(17)18/h3-6,9-13H,1-2,7-8H2. The van der Waals surface area contributed by atoms with Gasteiger partial charge in [0, 0.05) is 10.8 Å². The maximum Gasteiger partial charge on any atom is 0.0712 e. The molecule has 1 heterocycles. The molecule has 2 aromatic carbocycles. The molecule has 0 amide bonds. The lowest BCUT2D eigenvalue weighted by molar-refractivity contribution is 0.735. The molecule has 0 aliphatic heterocycles. The van der Waals surface area contributed by atoms with E-state index in [0.29, 0.717) is 0 Å². The summed E-state index contributed by atoms with van der Waals surface area (Å²) in [6, 6.07) is 17.2. The van der Waals surface area contributed by atoms with Crippen LogP contribution >= 0.6 is 0 Å². The molecule has 1 nitrogen and oxygen atoms in total. The third-order valence-corrected chi connectivity index (χ3v) is 4.39. The first-order chi connectivity index (χ1) is 9.43. The van der Waals surface area contributed by atoms with E-state index in [9.17, 15) is 0 Å². The molecule has 1 heteroatoms. The van der Waals surface area contributed by atoms with Crippen molar-refractivity contribution in [3.05, 3.63) is 54.1 Å². The van der Waals surface area contributed by atoms with Gasteiger partial charge in [0.15, 0.2) is 0 Å². The lowest BCUT2D eigenvalue weighted by Gasteiger charge is -2.16. The topological polar surface area (TPSA) is 12.9 Å². The van der Waals surface area contributed by atoms with Crippen LogP contribution in [0.25, 0.3) is 21.8 Å². The van der Waals surface area contributed by atoms with Crippen LogP contribution in [-0.2, 0) is 0 Å². The molecule has 1 aromatic heterocycles. The van der Waals surface area contributed by atoms with Crippen LogP contribution in [0, 0.1) is 0 Å². The predicted molar refractivity (Wildman–Crippen MR) is 80.5 cm³/mol. The SMILES string of the molecule is c1ccc2c(C3CCCC3)c3ccccc3nc2c1. The van der Waals surface area contributed by atoms with Crippen molar-refractivity contribution in [2.45, 2.75) is 31.6 Å². The highest BCUT2D eigenvalue weighted by Crippen LogP contribution is 2.40. The van der Waals surface area contributed by atoms with E-state index in [1.165, 1.54) is 36.5 Å². The van der Waals surface area contributed by atoms with Gasteiger partial charge in [0.2, 0.25) is 0 Å². The Morgan fingerprint density at radius 2 is 1.26 bits per heavy atom. The van der Waals surface area contributed by atoms with Gasteiger partial charge in [-0.1, -0.05) is 49.2 Å². The van der Waals surface area contributed by atoms with E-state index < -0.39 is 0 Å². The average molecular weight is 247 g/mol. The van der Waals surface area contributed by atoms with Gasteiger partial charge in [-0.25, -0.2) is 4.98 Å². The molecular weight excluding hydrogens is 230 g/mol. The smallest absolute Gasteiger partial charge is 0.0712 e. The summed E-state index contributed by atoms with van der Waals surface area (Å²) < 4.78 is 0. The van der Waals surface area contributed by atoms with Gasteiger partial charge in [-0.15, -0.1) is 0 Å². The zero-order valence-electron chi connectivity index (χ0n) is 11.0. The van der Waals surface area contributed by atoms with E-state index in [2.05, 4.69) is 48.5 Å². The minimum Gasteiger partial charge on any atom is -0.248 e. The van der Waals surface area contributed by atoms with E-state index in [0.717, 1.165) is 17.0 Å². The normalized spacial score (nSPS) is 16.4. The Balaban J connectivity index is 2.13. The monoisotopic (exact) mass is 247 g/mol. The highest BCUT2D eigenvalue weighted by Gasteiger charge is 2.21. The van der Waals surface area contributed by atoms with Gasteiger partial charge in [0.25, 0.3) is 0 Å². The molecule has 1 aliphatic rings. The zero-order valence-corrected chi connectivity index (χ0v) is 11.0. The zero-order chi connectivity index (χ0) is 12.7. The van der Waals surface area contributed by atoms with Gasteiger partial charge in [-0.05, 0) is 36.5 Å². The highest BCUT2D eigenvalue weighted by atomic mass is 14.7. The van der Waals surface area contributed by atoms with Crippen molar-refractivity contribution >= 4 is 21.8 Å². The van der Waals surface area contributed by atoms with Crippen LogP contribution in [0.1, 0.15) is 37.2 Å². The van der Waals surface area contributed by atoms with E-state index in [-0.39, 0.29) is 0 Å². The van der Waals surface area contributed by atoms with Crippen LogP contribution in [0.3, 0.4) is 0 Å². The molecule has 0 radical (unpaired) electrons. The van der Waals surface area contributed by atoms with E-state index in [1.54, 1.807) is 5.56 Å². The molecule has 0 atom stereocenters. The quantitative estimate of drug-likeness (QED) is 0.549. The molecule has 4 rings (SSSR count). The first kappa shape index (κ1) is 11.0. The summed E-state index contributed by atoms with van der Waals surface area (Å²) in [5, 5.41) is 2.71. The summed E-state index contributed by atoms with van der Waals surface area (Å²) >= 11 is 0. The maximum absolute atomic E-state index is 4.81. The molecule has 1 saturated carbocycles. The average Bonchev–Trinajstić information content (AvgIpc) is 2.98. The third kappa shape index (κ3) is 1.73. The molecule has 19 heavy (non-hydrogen) atoms. The Bertz CT molecular complexity index is 685. The van der Waals surface area contributed by atoms with Gasteiger partial charge >= 0.3 is 0 Å². The number of para-hydroxylation sites is 2. The van der Waals surface area contributed by atoms with Crippen molar-refractivity contribution in [1.29, 1.82) is 0 Å². The van der Waals surface area contributed by atoms with Gasteiger partial charge in [-0.3, -0.25) is 0 Å². The second kappa shape index (κ2) is 4.34. The lowest BCUT2D eigenvalue weighted by Crippen LogP contribution is -1.97. The molecule has 0 N–H and O–H groups in total. The van der Waals surface area contributed by atoms with Crippen molar-refractivity contribution in [3.63, 3.8) is 0 Å². The van der Waals surface area contributed by atoms with Crippen molar-refractivity contribution in [1.82, 2.24) is 4.98 Å². The summed E-state index contributed by atoms with van der Waals surface area (Å²) in [6.07, 6.45) is 5.40. The summed E-state index contributed by atoms with van der Waals surface area (Å²) in [7, 11) is 0. The molecule has 3 aromatic rings. The molecule has 0 bridgehead atoms. The van der Waals surface area contributed by atoms with Crippen LogP contribution in [0.2, 0.25) is 0 Å². The summed E-state index contributed by atoms with van der Waals surface area (Å²) in [4.78, 5) is 4.81. The van der Waals surface area contributed by atoms with Crippen LogP contribution in [0.15, 0.2) is 48.5 Å².